The Kier molecular flexibility index (Phi) is 3.79. The summed E-state index contributed by atoms with van der Waals surface area (Å²) in [4.78, 5) is 16.5. The minimum atomic E-state index is -0.0864. The zero-order valence-corrected chi connectivity index (χ0v) is 11.3. The number of allylic oxidation sites excluding steroid dienone is 1. The number of nitrogens with zero attached hydrogens (tertiary/aromatic N) is 1. The van der Waals surface area contributed by atoms with Crippen molar-refractivity contribution in [3.8, 4) is 0 Å². The van der Waals surface area contributed by atoms with Gasteiger partial charge in [-0.3, -0.25) is 4.79 Å². The second-order valence-corrected chi connectivity index (χ2v) is 5.18. The highest BCUT2D eigenvalue weighted by atomic mass is 35.5. The van der Waals surface area contributed by atoms with Crippen LogP contribution in [0.1, 0.15) is 20.9 Å². The molecule has 5 heteroatoms. The molecule has 0 radical (unpaired) electrons. The summed E-state index contributed by atoms with van der Waals surface area (Å²) in [6.07, 6.45) is 3.26. The Morgan fingerprint density at radius 3 is 2.61 bits per heavy atom. The summed E-state index contributed by atoms with van der Waals surface area (Å²) in [6.45, 7) is 1.77. The van der Waals surface area contributed by atoms with Crippen molar-refractivity contribution in [2.24, 2.45) is 0 Å². The summed E-state index contributed by atoms with van der Waals surface area (Å²) in [7, 11) is 0. The van der Waals surface area contributed by atoms with Gasteiger partial charge in [-0.15, -0.1) is 0 Å². The van der Waals surface area contributed by atoms with Crippen molar-refractivity contribution in [1.29, 1.82) is 0 Å². The molecule has 0 saturated carbocycles. The molecule has 1 aromatic carbocycles. The fraction of sp³-hybridized carbons (Fsp3) is 0.0769. The van der Waals surface area contributed by atoms with E-state index in [1.54, 1.807) is 25.1 Å². The first-order chi connectivity index (χ1) is 8.56. The van der Waals surface area contributed by atoms with Crippen LogP contribution in [0.4, 0.5) is 5.13 Å². The molecule has 0 aliphatic heterocycles. The number of ketones is 1. The molecule has 2 N–H and O–H groups in total. The zero-order valence-electron chi connectivity index (χ0n) is 9.68. The third-order valence-electron chi connectivity index (χ3n) is 2.33. The molecule has 2 aromatic rings. The van der Waals surface area contributed by atoms with Crippen molar-refractivity contribution in [1.82, 2.24) is 4.98 Å². The summed E-state index contributed by atoms with van der Waals surface area (Å²) in [5, 5.41) is 1.08. The average molecular weight is 279 g/mol. The number of aryl methyl sites for hydroxylation is 1. The van der Waals surface area contributed by atoms with E-state index in [0.29, 0.717) is 20.7 Å². The third-order valence-corrected chi connectivity index (χ3v) is 3.59. The molecule has 0 amide bonds. The van der Waals surface area contributed by atoms with Gasteiger partial charge in [-0.2, -0.15) is 0 Å². The van der Waals surface area contributed by atoms with Gasteiger partial charge in [-0.05, 0) is 30.7 Å². The number of anilines is 1. The number of thiazole rings is 1. The van der Waals surface area contributed by atoms with E-state index in [2.05, 4.69) is 4.98 Å². The average Bonchev–Trinajstić information content (AvgIpc) is 2.67. The van der Waals surface area contributed by atoms with Crippen LogP contribution in [0.3, 0.4) is 0 Å². The van der Waals surface area contributed by atoms with Gasteiger partial charge in [0, 0.05) is 5.02 Å². The standard InChI is InChI=1S/C13H11ClN2OS/c1-8-12(18-13(15)16-8)11(17)7-4-9-2-5-10(14)6-3-9/h2-7H,1H3,(H2,15,16)/b7-4+. The summed E-state index contributed by atoms with van der Waals surface area (Å²) in [5.74, 6) is -0.0864. The topological polar surface area (TPSA) is 56.0 Å². The molecule has 0 saturated heterocycles. The molecule has 0 atom stereocenters. The number of rotatable bonds is 3. The van der Waals surface area contributed by atoms with Crippen molar-refractivity contribution < 1.29 is 4.79 Å². The molecule has 1 aromatic heterocycles. The lowest BCUT2D eigenvalue weighted by molar-refractivity contribution is 0.105. The van der Waals surface area contributed by atoms with Gasteiger partial charge in [-0.1, -0.05) is 41.1 Å². The van der Waals surface area contributed by atoms with Crippen LogP contribution >= 0.6 is 22.9 Å². The number of carbonyl (C=O) groups excluding carboxylic acids is 1. The lowest BCUT2D eigenvalue weighted by Gasteiger charge is -1.94. The minimum Gasteiger partial charge on any atom is -0.375 e. The lowest BCUT2D eigenvalue weighted by Crippen LogP contribution is -1.93. The normalized spacial score (nSPS) is 11.0. The summed E-state index contributed by atoms with van der Waals surface area (Å²) >= 11 is 6.99. The van der Waals surface area contributed by atoms with Crippen LogP contribution in [0.25, 0.3) is 6.08 Å². The number of nitrogens with two attached hydrogens (primary N) is 1. The molecule has 0 fully saturated rings. The van der Waals surface area contributed by atoms with E-state index in [0.717, 1.165) is 5.56 Å². The Bertz CT molecular complexity index is 602. The number of carbonyl (C=O) groups is 1. The maximum Gasteiger partial charge on any atom is 0.197 e. The fourth-order valence-corrected chi connectivity index (χ4v) is 2.35. The summed E-state index contributed by atoms with van der Waals surface area (Å²) in [6, 6.07) is 7.25. The van der Waals surface area contributed by atoms with Gasteiger partial charge in [0.25, 0.3) is 0 Å². The van der Waals surface area contributed by atoms with E-state index < -0.39 is 0 Å². The van der Waals surface area contributed by atoms with E-state index in [1.807, 2.05) is 12.1 Å². The largest absolute Gasteiger partial charge is 0.375 e. The predicted molar refractivity (Wildman–Crippen MR) is 76.1 cm³/mol. The Balaban J connectivity index is 2.16. The number of nitrogen functional groups attached to an aromatic ring is 1. The quantitative estimate of drug-likeness (QED) is 0.690. The smallest absolute Gasteiger partial charge is 0.197 e. The van der Waals surface area contributed by atoms with E-state index in [4.69, 9.17) is 17.3 Å². The molecular formula is C13H11ClN2OS. The molecule has 0 spiro atoms. The van der Waals surface area contributed by atoms with Gasteiger partial charge in [-0.25, -0.2) is 4.98 Å². The van der Waals surface area contributed by atoms with Crippen LogP contribution in [0, 0.1) is 6.92 Å². The molecule has 2 rings (SSSR count). The maximum atomic E-state index is 11.9. The zero-order chi connectivity index (χ0) is 13.1. The third kappa shape index (κ3) is 2.97. The first kappa shape index (κ1) is 12.8. The van der Waals surface area contributed by atoms with E-state index >= 15 is 0 Å². The molecule has 3 nitrogen and oxygen atoms in total. The number of hydrogen-bond acceptors (Lipinski definition) is 4. The van der Waals surface area contributed by atoms with Gasteiger partial charge < -0.3 is 5.73 Å². The molecule has 18 heavy (non-hydrogen) atoms. The highest BCUT2D eigenvalue weighted by Gasteiger charge is 2.11. The van der Waals surface area contributed by atoms with Crippen LogP contribution in [0.5, 0.6) is 0 Å². The van der Waals surface area contributed by atoms with Crippen molar-refractivity contribution in [3.05, 3.63) is 51.5 Å². The van der Waals surface area contributed by atoms with E-state index in [1.165, 1.54) is 17.4 Å². The monoisotopic (exact) mass is 278 g/mol. The second-order valence-electron chi connectivity index (χ2n) is 3.72. The Morgan fingerprint density at radius 2 is 2.06 bits per heavy atom. The molecule has 1 heterocycles. The lowest BCUT2D eigenvalue weighted by atomic mass is 10.2. The Labute approximate surface area is 114 Å². The van der Waals surface area contributed by atoms with Crippen LogP contribution in [-0.2, 0) is 0 Å². The predicted octanol–water partition coefficient (Wildman–Crippen LogP) is 3.58. The number of hydrogen-bond donors (Lipinski definition) is 1. The van der Waals surface area contributed by atoms with Crippen molar-refractivity contribution in [2.45, 2.75) is 6.92 Å². The van der Waals surface area contributed by atoms with Crippen LogP contribution in [0.2, 0.25) is 5.02 Å². The van der Waals surface area contributed by atoms with Crippen LogP contribution in [-0.4, -0.2) is 10.8 Å². The first-order valence-corrected chi connectivity index (χ1v) is 6.46. The van der Waals surface area contributed by atoms with Crippen molar-refractivity contribution in [3.63, 3.8) is 0 Å². The summed E-state index contributed by atoms with van der Waals surface area (Å²) in [5.41, 5.74) is 7.15. The Morgan fingerprint density at radius 1 is 1.39 bits per heavy atom. The second kappa shape index (κ2) is 5.33. The fourth-order valence-electron chi connectivity index (χ4n) is 1.47. The molecule has 0 unspecified atom stereocenters. The number of aromatic nitrogens is 1. The minimum absolute atomic E-state index is 0.0864. The molecular weight excluding hydrogens is 268 g/mol. The van der Waals surface area contributed by atoms with Crippen LogP contribution < -0.4 is 5.73 Å². The number of halogens is 1. The van der Waals surface area contributed by atoms with Gasteiger partial charge in [0.05, 0.1) is 10.6 Å². The van der Waals surface area contributed by atoms with Gasteiger partial charge in [0.15, 0.2) is 10.9 Å². The highest BCUT2D eigenvalue weighted by Crippen LogP contribution is 2.21. The Hall–Kier alpha value is -1.65. The first-order valence-electron chi connectivity index (χ1n) is 5.27. The SMILES string of the molecule is Cc1nc(N)sc1C(=O)/C=C/c1ccc(Cl)cc1. The van der Waals surface area contributed by atoms with Gasteiger partial charge in [0.1, 0.15) is 0 Å². The molecule has 0 aliphatic rings. The van der Waals surface area contributed by atoms with Gasteiger partial charge >= 0.3 is 0 Å². The number of benzene rings is 1. The molecule has 0 bridgehead atoms. The summed E-state index contributed by atoms with van der Waals surface area (Å²) < 4.78 is 0. The highest BCUT2D eigenvalue weighted by molar-refractivity contribution is 7.17. The van der Waals surface area contributed by atoms with Crippen LogP contribution in [0.15, 0.2) is 30.3 Å². The van der Waals surface area contributed by atoms with E-state index in [-0.39, 0.29) is 5.78 Å². The van der Waals surface area contributed by atoms with Gasteiger partial charge in [0.2, 0.25) is 0 Å². The molecule has 0 aliphatic carbocycles. The van der Waals surface area contributed by atoms with Crippen molar-refractivity contribution >= 4 is 39.9 Å². The maximum absolute atomic E-state index is 11.9. The van der Waals surface area contributed by atoms with Crippen molar-refractivity contribution in [2.75, 3.05) is 5.73 Å². The van der Waals surface area contributed by atoms with E-state index in [9.17, 15) is 4.79 Å². The molecule has 92 valence electrons.